The highest BCUT2D eigenvalue weighted by atomic mass is 19.1. The first-order chi connectivity index (χ1) is 13.7. The number of hydrogen-bond donors (Lipinski definition) is 1. The van der Waals surface area contributed by atoms with Crippen LogP contribution in [0.1, 0.15) is 24.8 Å². The lowest BCUT2D eigenvalue weighted by molar-refractivity contribution is 0.162. The molecule has 0 radical (unpaired) electrons. The van der Waals surface area contributed by atoms with Gasteiger partial charge >= 0.3 is 6.03 Å². The SMILES string of the molecule is O=C(NCc1cccnc1Oc1cccc(F)c1)N(CC1CCOC1)C1CC1. The molecule has 1 unspecified atom stereocenters. The first-order valence-corrected chi connectivity index (χ1v) is 9.68. The summed E-state index contributed by atoms with van der Waals surface area (Å²) in [5.74, 6) is 0.763. The van der Waals surface area contributed by atoms with Gasteiger partial charge in [0.1, 0.15) is 11.6 Å². The Balaban J connectivity index is 1.39. The Bertz CT molecular complexity index is 822. The standard InChI is InChI=1S/C21H24FN3O3/c22-17-4-1-5-19(11-17)28-20-16(3-2-9-23-20)12-24-21(26)25(18-6-7-18)13-15-8-10-27-14-15/h1-5,9,11,15,18H,6-8,10,12-14H2,(H,24,26). The van der Waals surface area contributed by atoms with E-state index in [0.29, 0.717) is 30.1 Å². The summed E-state index contributed by atoms with van der Waals surface area (Å²) in [5.41, 5.74) is 0.736. The molecule has 1 saturated heterocycles. The van der Waals surface area contributed by atoms with Gasteiger partial charge in [0, 0.05) is 49.5 Å². The third-order valence-electron chi connectivity index (χ3n) is 5.02. The number of benzene rings is 1. The monoisotopic (exact) mass is 385 g/mol. The van der Waals surface area contributed by atoms with Gasteiger partial charge in [-0.05, 0) is 37.5 Å². The predicted octanol–water partition coefficient (Wildman–Crippen LogP) is 3.72. The van der Waals surface area contributed by atoms with Crippen molar-refractivity contribution in [2.24, 2.45) is 5.92 Å². The minimum absolute atomic E-state index is 0.0741. The van der Waals surface area contributed by atoms with Crippen LogP contribution in [-0.2, 0) is 11.3 Å². The van der Waals surface area contributed by atoms with E-state index in [9.17, 15) is 9.18 Å². The zero-order valence-electron chi connectivity index (χ0n) is 15.6. The van der Waals surface area contributed by atoms with Crippen molar-refractivity contribution in [1.82, 2.24) is 15.2 Å². The maximum absolute atomic E-state index is 13.4. The quantitative estimate of drug-likeness (QED) is 0.789. The van der Waals surface area contributed by atoms with Gasteiger partial charge in [0.05, 0.1) is 6.61 Å². The lowest BCUT2D eigenvalue weighted by atomic mass is 10.1. The van der Waals surface area contributed by atoms with Crippen LogP contribution in [0.5, 0.6) is 11.6 Å². The van der Waals surface area contributed by atoms with Crippen LogP contribution in [0.25, 0.3) is 0 Å². The van der Waals surface area contributed by atoms with E-state index >= 15 is 0 Å². The van der Waals surface area contributed by atoms with E-state index in [1.807, 2.05) is 11.0 Å². The summed E-state index contributed by atoms with van der Waals surface area (Å²) >= 11 is 0. The molecule has 2 fully saturated rings. The van der Waals surface area contributed by atoms with E-state index in [0.717, 1.165) is 44.6 Å². The number of pyridine rings is 1. The Hall–Kier alpha value is -2.67. The van der Waals surface area contributed by atoms with Gasteiger partial charge in [-0.25, -0.2) is 14.2 Å². The second kappa shape index (κ2) is 8.56. The summed E-state index contributed by atoms with van der Waals surface area (Å²) in [5, 5.41) is 2.98. The Morgan fingerprint density at radius 1 is 1.29 bits per heavy atom. The Kier molecular flexibility index (Phi) is 5.71. The second-order valence-corrected chi connectivity index (χ2v) is 7.30. The number of carbonyl (C=O) groups excluding carboxylic acids is 1. The lowest BCUT2D eigenvalue weighted by Crippen LogP contribution is -2.43. The Labute approximate surface area is 163 Å². The highest BCUT2D eigenvalue weighted by molar-refractivity contribution is 5.75. The molecule has 1 atom stereocenters. The number of halogens is 1. The van der Waals surface area contributed by atoms with E-state index in [2.05, 4.69) is 10.3 Å². The van der Waals surface area contributed by atoms with Crippen molar-refractivity contribution in [2.45, 2.75) is 31.8 Å². The van der Waals surface area contributed by atoms with Crippen LogP contribution in [-0.4, -0.2) is 41.7 Å². The fraction of sp³-hybridized carbons (Fsp3) is 0.429. The van der Waals surface area contributed by atoms with E-state index in [-0.39, 0.29) is 11.8 Å². The van der Waals surface area contributed by atoms with Crippen LogP contribution < -0.4 is 10.1 Å². The van der Waals surface area contributed by atoms with Crippen molar-refractivity contribution in [3.8, 4) is 11.6 Å². The molecule has 7 heteroatoms. The summed E-state index contributed by atoms with van der Waals surface area (Å²) in [6.07, 6.45) is 4.73. The van der Waals surface area contributed by atoms with Crippen molar-refractivity contribution < 1.29 is 18.7 Å². The number of nitrogens with one attached hydrogen (secondary N) is 1. The summed E-state index contributed by atoms with van der Waals surface area (Å²) < 4.78 is 24.5. The third kappa shape index (κ3) is 4.78. The summed E-state index contributed by atoms with van der Waals surface area (Å²) in [4.78, 5) is 18.9. The van der Waals surface area contributed by atoms with Crippen LogP contribution >= 0.6 is 0 Å². The van der Waals surface area contributed by atoms with Crippen LogP contribution in [0.2, 0.25) is 0 Å². The number of nitrogens with zero attached hydrogens (tertiary/aromatic N) is 2. The minimum atomic E-state index is -0.376. The highest BCUT2D eigenvalue weighted by Gasteiger charge is 2.34. The number of carbonyl (C=O) groups is 1. The number of hydrogen-bond acceptors (Lipinski definition) is 4. The van der Waals surface area contributed by atoms with E-state index < -0.39 is 0 Å². The molecule has 28 heavy (non-hydrogen) atoms. The van der Waals surface area contributed by atoms with Gasteiger partial charge < -0.3 is 19.7 Å². The largest absolute Gasteiger partial charge is 0.439 e. The molecule has 0 bridgehead atoms. The molecule has 0 spiro atoms. The molecule has 148 valence electrons. The zero-order chi connectivity index (χ0) is 19.3. The summed E-state index contributed by atoms with van der Waals surface area (Å²) in [6, 6.07) is 9.79. The first-order valence-electron chi connectivity index (χ1n) is 9.68. The molecule has 1 aromatic carbocycles. The normalized spacial score (nSPS) is 18.7. The van der Waals surface area contributed by atoms with E-state index in [1.54, 1.807) is 24.4 Å². The van der Waals surface area contributed by atoms with Crippen molar-refractivity contribution in [2.75, 3.05) is 19.8 Å². The molecule has 2 aliphatic rings. The summed E-state index contributed by atoms with van der Waals surface area (Å²) in [6.45, 7) is 2.53. The molecule has 4 rings (SSSR count). The smallest absolute Gasteiger partial charge is 0.317 e. The number of rotatable bonds is 7. The van der Waals surface area contributed by atoms with E-state index in [4.69, 9.17) is 9.47 Å². The molecule has 6 nitrogen and oxygen atoms in total. The molecule has 2 amide bonds. The van der Waals surface area contributed by atoms with Crippen LogP contribution in [0.3, 0.4) is 0 Å². The maximum atomic E-state index is 13.4. The molecule has 1 aliphatic carbocycles. The molecule has 2 aromatic rings. The zero-order valence-corrected chi connectivity index (χ0v) is 15.6. The van der Waals surface area contributed by atoms with Crippen molar-refractivity contribution >= 4 is 6.03 Å². The topological polar surface area (TPSA) is 63.7 Å². The molecule has 1 N–H and O–H groups in total. The predicted molar refractivity (Wildman–Crippen MR) is 102 cm³/mol. The van der Waals surface area contributed by atoms with Crippen molar-refractivity contribution in [1.29, 1.82) is 0 Å². The molecular weight excluding hydrogens is 361 g/mol. The minimum Gasteiger partial charge on any atom is -0.439 e. The van der Waals surface area contributed by atoms with Crippen LogP contribution in [0.15, 0.2) is 42.6 Å². The van der Waals surface area contributed by atoms with Crippen LogP contribution in [0, 0.1) is 11.7 Å². The second-order valence-electron chi connectivity index (χ2n) is 7.30. The number of ether oxygens (including phenoxy) is 2. The fourth-order valence-electron chi connectivity index (χ4n) is 3.35. The molecule has 1 saturated carbocycles. The van der Waals surface area contributed by atoms with Gasteiger partial charge in [-0.1, -0.05) is 12.1 Å². The van der Waals surface area contributed by atoms with Crippen molar-refractivity contribution in [3.05, 3.63) is 54.0 Å². The number of aromatic nitrogens is 1. The Morgan fingerprint density at radius 3 is 2.93 bits per heavy atom. The maximum Gasteiger partial charge on any atom is 0.317 e. The molecule has 1 aliphatic heterocycles. The average Bonchev–Trinajstić information content (AvgIpc) is 3.40. The number of urea groups is 1. The molecule has 1 aromatic heterocycles. The third-order valence-corrected chi connectivity index (χ3v) is 5.02. The van der Waals surface area contributed by atoms with Gasteiger partial charge in [0.15, 0.2) is 0 Å². The highest BCUT2D eigenvalue weighted by Crippen LogP contribution is 2.29. The fourth-order valence-corrected chi connectivity index (χ4v) is 3.35. The number of amides is 2. The van der Waals surface area contributed by atoms with Gasteiger partial charge in [-0.3, -0.25) is 0 Å². The lowest BCUT2D eigenvalue weighted by Gasteiger charge is -2.25. The van der Waals surface area contributed by atoms with Gasteiger partial charge in [-0.2, -0.15) is 0 Å². The molecule has 2 heterocycles. The van der Waals surface area contributed by atoms with Crippen molar-refractivity contribution in [3.63, 3.8) is 0 Å². The van der Waals surface area contributed by atoms with Gasteiger partial charge in [0.25, 0.3) is 0 Å². The first kappa shape index (κ1) is 18.7. The summed E-state index contributed by atoms with van der Waals surface area (Å²) in [7, 11) is 0. The average molecular weight is 385 g/mol. The molecular formula is C21H24FN3O3. The van der Waals surface area contributed by atoms with Crippen LogP contribution in [0.4, 0.5) is 9.18 Å². The van der Waals surface area contributed by atoms with E-state index in [1.165, 1.54) is 12.1 Å². The Morgan fingerprint density at radius 2 is 2.18 bits per heavy atom. The van der Waals surface area contributed by atoms with Gasteiger partial charge in [-0.15, -0.1) is 0 Å². The van der Waals surface area contributed by atoms with Gasteiger partial charge in [0.2, 0.25) is 5.88 Å².